The van der Waals surface area contributed by atoms with Crippen LogP contribution in [0.4, 0.5) is 5.69 Å². The number of ether oxygens (including phenoxy) is 1. The van der Waals surface area contributed by atoms with Crippen LogP contribution < -0.4 is 10.1 Å². The van der Waals surface area contributed by atoms with Crippen molar-refractivity contribution in [2.45, 2.75) is 37.5 Å². The van der Waals surface area contributed by atoms with E-state index in [1.54, 1.807) is 7.11 Å². The van der Waals surface area contributed by atoms with Gasteiger partial charge in [0.1, 0.15) is 11.6 Å². The molecule has 0 aromatic heterocycles. The quantitative estimate of drug-likeness (QED) is 0.834. The van der Waals surface area contributed by atoms with Crippen LogP contribution in [0, 0.1) is 23.7 Å². The minimum Gasteiger partial charge on any atom is -0.495 e. The monoisotopic (exact) mass is 349 g/mol. The van der Waals surface area contributed by atoms with Gasteiger partial charge in [-0.05, 0) is 61.8 Å². The van der Waals surface area contributed by atoms with E-state index in [1.165, 1.54) is 50.8 Å². The molecule has 1 aromatic rings. The zero-order valence-electron chi connectivity index (χ0n) is 15.8. The highest BCUT2D eigenvalue weighted by Crippen LogP contribution is 2.53. The van der Waals surface area contributed by atoms with E-state index in [4.69, 9.17) is 9.73 Å². The molecular weight excluding hydrogens is 322 g/mol. The molecule has 0 amide bonds. The van der Waals surface area contributed by atoms with Crippen LogP contribution in [0.3, 0.4) is 0 Å². The molecule has 2 aliphatic heterocycles. The normalized spacial score (nSPS) is 27.5. The minimum absolute atomic E-state index is 0.0952. The van der Waals surface area contributed by atoms with Crippen LogP contribution in [0.15, 0.2) is 17.1 Å². The smallest absolute Gasteiger partial charge is 0.134 e. The van der Waals surface area contributed by atoms with E-state index in [9.17, 15) is 0 Å². The summed E-state index contributed by atoms with van der Waals surface area (Å²) in [7, 11) is 3.72. The lowest BCUT2D eigenvalue weighted by atomic mass is 9.64. The highest BCUT2D eigenvalue weighted by atomic mass is 16.5. The Kier molecular flexibility index (Phi) is 3.76. The first-order chi connectivity index (χ1) is 12.7. The molecule has 2 aliphatic carbocycles. The number of methoxy groups -OCH3 is 1. The molecule has 2 heterocycles. The lowest BCUT2D eigenvalue weighted by Crippen LogP contribution is -2.45. The standard InChI is InChI=1S/C22H27N3O/c1-23-21-22(7-4-8-22)18-13-20(26-2)16(12-19(18)24-21)5-3-9-25-10-6-15-11-17(15)14-25/h12-13,15,17H,4,6-11,14H2,1-2H3,(H,23,24). The van der Waals surface area contributed by atoms with Crippen molar-refractivity contribution < 1.29 is 4.74 Å². The van der Waals surface area contributed by atoms with Crippen LogP contribution in [-0.2, 0) is 5.41 Å². The van der Waals surface area contributed by atoms with Crippen molar-refractivity contribution in [2.75, 3.05) is 33.8 Å². The van der Waals surface area contributed by atoms with Crippen molar-refractivity contribution in [1.82, 2.24) is 10.2 Å². The number of likely N-dealkylation sites (N-methyl/N-ethyl adjacent to an activating group) is 1. The van der Waals surface area contributed by atoms with Crippen molar-refractivity contribution in [2.24, 2.45) is 16.8 Å². The summed E-state index contributed by atoms with van der Waals surface area (Å²) in [6.45, 7) is 3.30. The molecule has 3 fully saturated rings. The first-order valence-electron chi connectivity index (χ1n) is 9.94. The second-order valence-corrected chi connectivity index (χ2v) is 8.30. The predicted molar refractivity (Wildman–Crippen MR) is 104 cm³/mol. The van der Waals surface area contributed by atoms with Crippen LogP contribution in [0.5, 0.6) is 5.75 Å². The van der Waals surface area contributed by atoms with Gasteiger partial charge in [-0.15, -0.1) is 0 Å². The molecule has 1 aromatic carbocycles. The molecule has 1 spiro atoms. The van der Waals surface area contributed by atoms with Crippen molar-refractivity contribution >= 4 is 11.5 Å². The van der Waals surface area contributed by atoms with Gasteiger partial charge in [-0.3, -0.25) is 4.90 Å². The fourth-order valence-electron chi connectivity index (χ4n) is 5.05. The summed E-state index contributed by atoms with van der Waals surface area (Å²) >= 11 is 0. The van der Waals surface area contributed by atoms with Crippen LogP contribution >= 0.6 is 0 Å². The Morgan fingerprint density at radius 3 is 2.92 bits per heavy atom. The average molecular weight is 349 g/mol. The van der Waals surface area contributed by atoms with Gasteiger partial charge >= 0.3 is 0 Å². The van der Waals surface area contributed by atoms with E-state index >= 15 is 0 Å². The molecule has 4 nitrogen and oxygen atoms in total. The van der Waals surface area contributed by atoms with Crippen LogP contribution in [0.25, 0.3) is 0 Å². The molecule has 4 heteroatoms. The molecule has 0 radical (unpaired) electrons. The van der Waals surface area contributed by atoms with Crippen molar-refractivity contribution in [1.29, 1.82) is 0 Å². The SMILES string of the molecule is CNC1=Nc2cc(C#CCN3CCC4CC4C3)c(OC)cc2C12CCC2. The number of rotatable bonds is 2. The Labute approximate surface area is 156 Å². The number of hydrogen-bond donors (Lipinski definition) is 1. The summed E-state index contributed by atoms with van der Waals surface area (Å²) in [4.78, 5) is 7.37. The van der Waals surface area contributed by atoms with Crippen molar-refractivity contribution in [3.8, 4) is 17.6 Å². The van der Waals surface area contributed by atoms with Crippen LogP contribution in [-0.4, -0.2) is 44.5 Å². The van der Waals surface area contributed by atoms with Gasteiger partial charge in [0.05, 0.1) is 30.3 Å². The van der Waals surface area contributed by atoms with Gasteiger partial charge in [0.15, 0.2) is 0 Å². The molecular formula is C22H27N3O. The summed E-state index contributed by atoms with van der Waals surface area (Å²) in [5, 5.41) is 3.32. The molecule has 26 heavy (non-hydrogen) atoms. The highest BCUT2D eigenvalue weighted by molar-refractivity contribution is 6.01. The number of fused-ring (bicyclic) bond motifs is 3. The number of aliphatic imine (C=N–C) groups is 1. The third-order valence-corrected chi connectivity index (χ3v) is 6.87. The van der Waals surface area contributed by atoms with Gasteiger partial charge in [0, 0.05) is 13.6 Å². The van der Waals surface area contributed by atoms with Crippen LogP contribution in [0.2, 0.25) is 0 Å². The summed E-state index contributed by atoms with van der Waals surface area (Å²) in [5.74, 6) is 10.7. The van der Waals surface area contributed by atoms with Gasteiger partial charge in [-0.1, -0.05) is 18.3 Å². The fraction of sp³-hybridized carbons (Fsp3) is 0.591. The summed E-state index contributed by atoms with van der Waals surface area (Å²) in [6.07, 6.45) is 6.41. The summed E-state index contributed by atoms with van der Waals surface area (Å²) in [5.41, 5.74) is 3.44. The Hall–Kier alpha value is -1.99. The van der Waals surface area contributed by atoms with E-state index < -0.39 is 0 Å². The van der Waals surface area contributed by atoms with E-state index in [-0.39, 0.29) is 5.41 Å². The molecule has 0 bridgehead atoms. The Bertz CT molecular complexity index is 828. The van der Waals surface area contributed by atoms with Gasteiger partial charge in [0.25, 0.3) is 0 Å². The number of nitrogens with zero attached hydrogens (tertiary/aromatic N) is 2. The maximum absolute atomic E-state index is 5.68. The zero-order valence-corrected chi connectivity index (χ0v) is 15.8. The van der Waals surface area contributed by atoms with Crippen molar-refractivity contribution in [3.63, 3.8) is 0 Å². The lowest BCUT2D eigenvalue weighted by molar-refractivity contribution is 0.245. The minimum atomic E-state index is 0.0952. The average Bonchev–Trinajstić information content (AvgIpc) is 3.31. The van der Waals surface area contributed by atoms with Crippen molar-refractivity contribution in [3.05, 3.63) is 23.3 Å². The number of hydrogen-bond acceptors (Lipinski definition) is 4. The maximum atomic E-state index is 5.68. The molecule has 5 rings (SSSR count). The maximum Gasteiger partial charge on any atom is 0.134 e. The molecule has 2 saturated carbocycles. The second-order valence-electron chi connectivity index (χ2n) is 8.30. The second kappa shape index (κ2) is 6.03. The van der Waals surface area contributed by atoms with E-state index in [0.717, 1.165) is 41.2 Å². The molecule has 4 aliphatic rings. The van der Waals surface area contributed by atoms with Crippen LogP contribution in [0.1, 0.15) is 43.2 Å². The van der Waals surface area contributed by atoms with Gasteiger partial charge in [-0.2, -0.15) is 0 Å². The molecule has 1 N–H and O–H groups in total. The molecule has 2 unspecified atom stereocenters. The lowest BCUT2D eigenvalue weighted by Gasteiger charge is -2.40. The Balaban J connectivity index is 1.40. The fourth-order valence-corrected chi connectivity index (χ4v) is 5.05. The molecule has 136 valence electrons. The topological polar surface area (TPSA) is 36.9 Å². The Morgan fingerprint density at radius 2 is 2.23 bits per heavy atom. The first kappa shape index (κ1) is 16.2. The Morgan fingerprint density at radius 1 is 1.35 bits per heavy atom. The van der Waals surface area contributed by atoms with E-state index in [1.807, 2.05) is 7.05 Å². The largest absolute Gasteiger partial charge is 0.495 e. The zero-order chi connectivity index (χ0) is 17.7. The first-order valence-corrected chi connectivity index (χ1v) is 9.94. The number of nitrogens with one attached hydrogen (secondary N) is 1. The highest BCUT2D eigenvalue weighted by Gasteiger charge is 2.48. The van der Waals surface area contributed by atoms with Gasteiger partial charge < -0.3 is 10.1 Å². The number of benzene rings is 1. The third-order valence-electron chi connectivity index (χ3n) is 6.87. The third kappa shape index (κ3) is 2.45. The number of likely N-dealkylation sites (tertiary alicyclic amines) is 1. The summed E-state index contributed by atoms with van der Waals surface area (Å²) in [6, 6.07) is 4.31. The molecule has 1 saturated heterocycles. The predicted octanol–water partition coefficient (Wildman–Crippen LogP) is 3.07. The van der Waals surface area contributed by atoms with E-state index in [0.29, 0.717) is 0 Å². The molecule has 2 atom stereocenters. The summed E-state index contributed by atoms with van der Waals surface area (Å²) < 4.78 is 5.68. The van der Waals surface area contributed by atoms with Gasteiger partial charge in [-0.25, -0.2) is 4.99 Å². The number of amidine groups is 1. The van der Waals surface area contributed by atoms with Gasteiger partial charge in [0.2, 0.25) is 0 Å². The number of piperidine rings is 1. The van der Waals surface area contributed by atoms with E-state index in [2.05, 4.69) is 34.2 Å².